The summed E-state index contributed by atoms with van der Waals surface area (Å²) in [6.07, 6.45) is 1.56. The van der Waals surface area contributed by atoms with E-state index in [-0.39, 0.29) is 18.0 Å². The van der Waals surface area contributed by atoms with Gasteiger partial charge in [-0.2, -0.15) is 0 Å². The molecule has 31 heavy (non-hydrogen) atoms. The van der Waals surface area contributed by atoms with Gasteiger partial charge in [0.2, 0.25) is 5.91 Å². The molecule has 2 aromatic heterocycles. The first-order valence-corrected chi connectivity index (χ1v) is 10.6. The van der Waals surface area contributed by atoms with Crippen LogP contribution in [0.5, 0.6) is 5.75 Å². The molecule has 158 valence electrons. The Labute approximate surface area is 183 Å². The normalized spacial score (nSPS) is 11.9. The van der Waals surface area contributed by atoms with Crippen molar-refractivity contribution in [2.24, 2.45) is 0 Å². The second kappa shape index (κ2) is 9.09. The third kappa shape index (κ3) is 4.49. The molecule has 4 aromatic rings. The average Bonchev–Trinajstić information content (AvgIpc) is 3.30. The van der Waals surface area contributed by atoms with Gasteiger partial charge in [-0.1, -0.05) is 36.0 Å². The number of benzene rings is 2. The quantitative estimate of drug-likeness (QED) is 0.346. The Morgan fingerprint density at radius 2 is 1.94 bits per heavy atom. The number of furan rings is 1. The van der Waals surface area contributed by atoms with E-state index in [2.05, 4.69) is 10.3 Å². The molecule has 2 aromatic carbocycles. The molecule has 4 rings (SSSR count). The number of methoxy groups -OCH3 is 1. The van der Waals surface area contributed by atoms with Crippen LogP contribution in [0.3, 0.4) is 0 Å². The molecule has 8 heteroatoms. The molecule has 1 atom stereocenters. The molecule has 1 amide bonds. The van der Waals surface area contributed by atoms with E-state index >= 15 is 0 Å². The van der Waals surface area contributed by atoms with Crippen LogP contribution in [0.2, 0.25) is 0 Å². The maximum atomic E-state index is 13.2. The minimum absolute atomic E-state index is 0.179. The van der Waals surface area contributed by atoms with E-state index in [0.717, 1.165) is 0 Å². The van der Waals surface area contributed by atoms with Gasteiger partial charge in [0.15, 0.2) is 5.16 Å². The van der Waals surface area contributed by atoms with Crippen molar-refractivity contribution in [2.45, 2.75) is 23.9 Å². The fourth-order valence-electron chi connectivity index (χ4n) is 3.13. The van der Waals surface area contributed by atoms with Gasteiger partial charge in [-0.3, -0.25) is 14.2 Å². The Morgan fingerprint density at radius 3 is 2.71 bits per heavy atom. The number of nitrogens with one attached hydrogen (secondary N) is 1. The van der Waals surface area contributed by atoms with E-state index in [4.69, 9.17) is 9.15 Å². The molecule has 0 aliphatic rings. The number of hydrogen-bond acceptors (Lipinski definition) is 6. The van der Waals surface area contributed by atoms with Crippen molar-refractivity contribution in [3.8, 4) is 5.75 Å². The summed E-state index contributed by atoms with van der Waals surface area (Å²) in [4.78, 5) is 30.7. The molecule has 0 fully saturated rings. The van der Waals surface area contributed by atoms with Gasteiger partial charge < -0.3 is 14.5 Å². The van der Waals surface area contributed by atoms with E-state index in [9.17, 15) is 9.59 Å². The van der Waals surface area contributed by atoms with Gasteiger partial charge in [0, 0.05) is 0 Å². The van der Waals surface area contributed by atoms with Crippen molar-refractivity contribution >= 4 is 34.3 Å². The Bertz CT molecular complexity index is 1270. The second-order valence-corrected chi connectivity index (χ2v) is 8.14. The van der Waals surface area contributed by atoms with Crippen LogP contribution in [0.1, 0.15) is 12.7 Å². The lowest BCUT2D eigenvalue weighted by Gasteiger charge is -2.16. The van der Waals surface area contributed by atoms with Crippen LogP contribution < -0.4 is 15.6 Å². The average molecular weight is 436 g/mol. The van der Waals surface area contributed by atoms with E-state index in [1.165, 1.54) is 11.8 Å². The second-order valence-electron chi connectivity index (χ2n) is 6.83. The zero-order valence-electron chi connectivity index (χ0n) is 17.1. The van der Waals surface area contributed by atoms with Gasteiger partial charge in [-0.05, 0) is 43.3 Å². The largest absolute Gasteiger partial charge is 0.495 e. The molecule has 1 N–H and O–H groups in total. The number of ether oxygens (including phenoxy) is 1. The SMILES string of the molecule is COc1ccccc1NC(=O)C(C)Sc1nc2ccccc2c(=O)n1Cc1ccco1. The van der Waals surface area contributed by atoms with Crippen molar-refractivity contribution in [1.29, 1.82) is 0 Å². The van der Waals surface area contributed by atoms with Crippen LogP contribution in [0, 0.1) is 0 Å². The van der Waals surface area contributed by atoms with Gasteiger partial charge >= 0.3 is 0 Å². The minimum Gasteiger partial charge on any atom is -0.495 e. The first-order chi connectivity index (χ1) is 15.1. The van der Waals surface area contributed by atoms with Gasteiger partial charge in [-0.25, -0.2) is 4.98 Å². The number of para-hydroxylation sites is 3. The zero-order valence-corrected chi connectivity index (χ0v) is 17.9. The summed E-state index contributed by atoms with van der Waals surface area (Å²) in [7, 11) is 1.55. The Morgan fingerprint density at radius 1 is 1.16 bits per heavy atom. The van der Waals surface area contributed by atoms with Gasteiger partial charge in [0.05, 0.1) is 41.8 Å². The van der Waals surface area contributed by atoms with Crippen molar-refractivity contribution in [1.82, 2.24) is 9.55 Å². The monoisotopic (exact) mass is 435 g/mol. The lowest BCUT2D eigenvalue weighted by Crippen LogP contribution is -2.27. The number of hydrogen-bond donors (Lipinski definition) is 1. The maximum absolute atomic E-state index is 13.2. The summed E-state index contributed by atoms with van der Waals surface area (Å²) >= 11 is 1.22. The highest BCUT2D eigenvalue weighted by molar-refractivity contribution is 8.00. The summed E-state index contributed by atoms with van der Waals surface area (Å²) in [6.45, 7) is 2.00. The van der Waals surface area contributed by atoms with Crippen LogP contribution >= 0.6 is 11.8 Å². The minimum atomic E-state index is -0.513. The first kappa shape index (κ1) is 20.7. The molecular weight excluding hydrogens is 414 g/mol. The maximum Gasteiger partial charge on any atom is 0.262 e. The first-order valence-electron chi connectivity index (χ1n) is 9.69. The third-order valence-corrected chi connectivity index (χ3v) is 5.83. The van der Waals surface area contributed by atoms with Crippen LogP contribution in [0.4, 0.5) is 5.69 Å². The van der Waals surface area contributed by atoms with Crippen molar-refractivity contribution in [2.75, 3.05) is 12.4 Å². The van der Waals surface area contributed by atoms with Crippen molar-refractivity contribution in [3.63, 3.8) is 0 Å². The number of anilines is 1. The predicted molar refractivity (Wildman–Crippen MR) is 121 cm³/mol. The lowest BCUT2D eigenvalue weighted by molar-refractivity contribution is -0.115. The number of fused-ring (bicyclic) bond motifs is 1. The van der Waals surface area contributed by atoms with E-state index in [0.29, 0.717) is 33.3 Å². The van der Waals surface area contributed by atoms with Gasteiger partial charge in [0.1, 0.15) is 11.5 Å². The van der Waals surface area contributed by atoms with Crippen LogP contribution in [0.25, 0.3) is 10.9 Å². The van der Waals surface area contributed by atoms with Gasteiger partial charge in [-0.15, -0.1) is 0 Å². The molecule has 0 aliphatic carbocycles. The van der Waals surface area contributed by atoms with Crippen LogP contribution in [-0.4, -0.2) is 27.8 Å². The number of carbonyl (C=O) groups is 1. The van der Waals surface area contributed by atoms with E-state index in [1.807, 2.05) is 18.2 Å². The smallest absolute Gasteiger partial charge is 0.262 e. The molecule has 1 unspecified atom stereocenters. The summed E-state index contributed by atoms with van der Waals surface area (Å²) < 4.78 is 12.3. The summed E-state index contributed by atoms with van der Waals surface area (Å²) in [6, 6.07) is 17.9. The molecular formula is C23H21N3O4S. The van der Waals surface area contributed by atoms with Crippen molar-refractivity contribution < 1.29 is 13.9 Å². The molecule has 0 saturated carbocycles. The van der Waals surface area contributed by atoms with Crippen LogP contribution in [-0.2, 0) is 11.3 Å². The Kier molecular flexibility index (Phi) is 6.08. The standard InChI is InChI=1S/C23H21N3O4S/c1-15(21(27)24-19-11-5-6-12-20(19)29-2)31-23-25-18-10-4-3-9-17(18)22(28)26(23)14-16-8-7-13-30-16/h3-13,15H,14H2,1-2H3,(H,24,27). The molecule has 0 bridgehead atoms. The van der Waals surface area contributed by atoms with E-state index < -0.39 is 5.25 Å². The summed E-state index contributed by atoms with van der Waals surface area (Å²) in [5.74, 6) is 0.986. The number of aromatic nitrogens is 2. The van der Waals surface area contributed by atoms with E-state index in [1.54, 1.807) is 67.3 Å². The zero-order chi connectivity index (χ0) is 21.8. The number of nitrogens with zero attached hydrogens (tertiary/aromatic N) is 2. The topological polar surface area (TPSA) is 86.4 Å². The molecule has 7 nitrogen and oxygen atoms in total. The molecule has 0 aliphatic heterocycles. The molecule has 0 spiro atoms. The Hall–Kier alpha value is -3.52. The number of carbonyl (C=O) groups excluding carboxylic acids is 1. The highest BCUT2D eigenvalue weighted by Gasteiger charge is 2.21. The Balaban J connectivity index is 1.64. The summed E-state index contributed by atoms with van der Waals surface area (Å²) in [5, 5.41) is 3.33. The highest BCUT2D eigenvalue weighted by atomic mass is 32.2. The van der Waals surface area contributed by atoms with Crippen LogP contribution in [0.15, 0.2) is 81.3 Å². The predicted octanol–water partition coefficient (Wildman–Crippen LogP) is 4.17. The number of thioether (sulfide) groups is 1. The number of amides is 1. The third-order valence-electron chi connectivity index (χ3n) is 4.74. The molecule has 0 radical (unpaired) electrons. The van der Waals surface area contributed by atoms with Crippen molar-refractivity contribution in [3.05, 3.63) is 83.0 Å². The number of rotatable bonds is 7. The highest BCUT2D eigenvalue weighted by Crippen LogP contribution is 2.27. The fourth-order valence-corrected chi connectivity index (χ4v) is 4.04. The fraction of sp³-hybridized carbons (Fsp3) is 0.174. The lowest BCUT2D eigenvalue weighted by atomic mass is 10.2. The molecule has 2 heterocycles. The molecule has 0 saturated heterocycles. The summed E-state index contributed by atoms with van der Waals surface area (Å²) in [5.41, 5.74) is 0.992. The van der Waals surface area contributed by atoms with Gasteiger partial charge in [0.25, 0.3) is 5.56 Å².